The average Bonchev–Trinajstić information content (AvgIpc) is 3.07. The maximum absolute atomic E-state index is 14.5. The quantitative estimate of drug-likeness (QED) is 0.169. The van der Waals surface area contributed by atoms with Crippen LogP contribution in [0.15, 0.2) is 66.7 Å². The number of benzene rings is 3. The molecule has 3 aromatic carbocycles. The molecule has 1 aliphatic heterocycles. The molecule has 280 valence electrons. The molecule has 5 rings (SSSR count). The van der Waals surface area contributed by atoms with Gasteiger partial charge in [0.1, 0.15) is 11.4 Å². The molecule has 0 saturated heterocycles. The van der Waals surface area contributed by atoms with E-state index in [2.05, 4.69) is 10.0 Å². The summed E-state index contributed by atoms with van der Waals surface area (Å²) in [6.07, 6.45) is 5.89. The largest absolute Gasteiger partial charge is 0.482 e. The summed E-state index contributed by atoms with van der Waals surface area (Å²) in [5.74, 6) is -1.41. The zero-order valence-corrected chi connectivity index (χ0v) is 32.3. The Morgan fingerprint density at radius 2 is 1.73 bits per heavy atom. The lowest BCUT2D eigenvalue weighted by molar-refractivity contribution is -0.159. The van der Waals surface area contributed by atoms with Crippen molar-refractivity contribution in [1.29, 1.82) is 0 Å². The maximum atomic E-state index is 14.5. The van der Waals surface area contributed by atoms with E-state index in [1.807, 2.05) is 39.0 Å². The molecular formula is C39H47Cl2N3O7S. The molecule has 4 atom stereocenters. The van der Waals surface area contributed by atoms with Gasteiger partial charge in [-0.25, -0.2) is 17.9 Å². The van der Waals surface area contributed by atoms with E-state index in [9.17, 15) is 22.8 Å². The van der Waals surface area contributed by atoms with E-state index in [0.29, 0.717) is 51.7 Å². The highest BCUT2D eigenvalue weighted by Crippen LogP contribution is 2.48. The number of carbonyl (C=O) groups excluding carboxylic acids is 3. The maximum Gasteiger partial charge on any atom is 0.344 e. The van der Waals surface area contributed by atoms with Gasteiger partial charge in [0.05, 0.1) is 18.2 Å². The van der Waals surface area contributed by atoms with Crippen molar-refractivity contribution >= 4 is 51.0 Å². The first-order chi connectivity index (χ1) is 24.7. The molecule has 0 unspecified atom stereocenters. The molecule has 2 amide bonds. The first-order valence-electron chi connectivity index (χ1n) is 17.7. The third kappa shape index (κ3) is 9.86. The Kier molecular flexibility index (Phi) is 12.9. The van der Waals surface area contributed by atoms with E-state index in [0.717, 1.165) is 37.5 Å². The fraction of sp³-hybridized carbons (Fsp3) is 0.462. The van der Waals surface area contributed by atoms with E-state index in [4.69, 9.17) is 32.7 Å². The number of rotatable bonds is 14. The highest BCUT2D eigenvalue weighted by atomic mass is 35.5. The summed E-state index contributed by atoms with van der Waals surface area (Å²) in [7, 11) is -3.60. The summed E-state index contributed by atoms with van der Waals surface area (Å²) < 4.78 is 39.0. The molecule has 1 heterocycles. The van der Waals surface area contributed by atoms with Crippen LogP contribution in [0.5, 0.6) is 5.75 Å². The second-order valence-electron chi connectivity index (χ2n) is 14.2. The van der Waals surface area contributed by atoms with Crippen molar-refractivity contribution in [2.45, 2.75) is 95.4 Å². The van der Waals surface area contributed by atoms with Crippen LogP contribution in [0.25, 0.3) is 0 Å². The number of fused-ring (bicyclic) bond motifs is 1. The predicted octanol–water partition coefficient (Wildman–Crippen LogP) is 6.99. The van der Waals surface area contributed by atoms with Gasteiger partial charge < -0.3 is 19.7 Å². The smallest absolute Gasteiger partial charge is 0.344 e. The Labute approximate surface area is 316 Å². The number of nitrogens with zero attached hydrogens (tertiary/aromatic N) is 1. The highest BCUT2D eigenvalue weighted by Gasteiger charge is 2.49. The highest BCUT2D eigenvalue weighted by molar-refractivity contribution is 7.88. The van der Waals surface area contributed by atoms with Gasteiger partial charge >= 0.3 is 5.97 Å². The fourth-order valence-electron chi connectivity index (χ4n) is 7.49. The van der Waals surface area contributed by atoms with E-state index < -0.39 is 45.6 Å². The number of hydrogen-bond donors (Lipinski definition) is 2. The zero-order chi connectivity index (χ0) is 37.6. The summed E-state index contributed by atoms with van der Waals surface area (Å²) in [5.41, 5.74) is 1.80. The normalized spacial score (nSPS) is 20.6. The van der Waals surface area contributed by atoms with Crippen molar-refractivity contribution in [1.82, 2.24) is 14.9 Å². The van der Waals surface area contributed by atoms with E-state index in [1.54, 1.807) is 53.4 Å². The van der Waals surface area contributed by atoms with Gasteiger partial charge in [-0.2, -0.15) is 0 Å². The number of halogens is 2. The summed E-state index contributed by atoms with van der Waals surface area (Å²) in [5, 5.41) is 3.80. The minimum atomic E-state index is -3.60. The standard InChI is InChI=1S/C39H47Cl2N3O7S/c1-5-20-39(2,3)51-34(45)24-50-27-12-10-11-25(22-27)19-21-42-37(46)35-28-13-6-7-14-29(28)38(47)44(36(35)30-18-17-26(40)23-31(30)41)33-16-9-8-15-32(33)43-52(4,48)49/h6-7,10-14,17-18,22-23,32-33,35-36,43H,5,8-9,15-16,19-21,24H2,1-4H3,(H,42,46)/t32-,33-,35+,36-/m0/s1. The number of ether oxygens (including phenoxy) is 2. The van der Waals surface area contributed by atoms with Gasteiger partial charge in [-0.05, 0) is 86.6 Å². The summed E-state index contributed by atoms with van der Waals surface area (Å²) >= 11 is 13.1. The Morgan fingerprint density at radius 3 is 2.46 bits per heavy atom. The molecule has 52 heavy (non-hydrogen) atoms. The Bertz CT molecular complexity index is 1890. The molecule has 2 N–H and O–H groups in total. The lowest BCUT2D eigenvalue weighted by Crippen LogP contribution is -2.59. The van der Waals surface area contributed by atoms with Crippen LogP contribution in [0.1, 0.15) is 98.3 Å². The van der Waals surface area contributed by atoms with Crippen LogP contribution in [0.3, 0.4) is 0 Å². The molecule has 10 nitrogen and oxygen atoms in total. The van der Waals surface area contributed by atoms with Crippen LogP contribution in [0.2, 0.25) is 10.0 Å². The fourth-order valence-corrected chi connectivity index (χ4v) is 8.84. The Balaban J connectivity index is 1.40. The summed E-state index contributed by atoms with van der Waals surface area (Å²) in [6, 6.07) is 17.4. The molecular weight excluding hydrogens is 725 g/mol. The SMILES string of the molecule is CCCC(C)(C)OC(=O)COc1cccc(CCNC(=O)[C@@H]2c3ccccc3C(=O)N([C@H]3CCCC[C@@H]3NS(C)(=O)=O)[C@H]2c2ccc(Cl)cc2Cl)c1. The van der Waals surface area contributed by atoms with Crippen LogP contribution in [-0.4, -0.2) is 68.2 Å². The van der Waals surface area contributed by atoms with Gasteiger partial charge in [0.15, 0.2) is 6.61 Å². The number of hydrogen-bond acceptors (Lipinski definition) is 7. The van der Waals surface area contributed by atoms with Crippen molar-refractivity contribution in [3.63, 3.8) is 0 Å². The molecule has 13 heteroatoms. The van der Waals surface area contributed by atoms with Gasteiger partial charge in [-0.15, -0.1) is 0 Å². The number of carbonyl (C=O) groups is 3. The molecule has 0 aromatic heterocycles. The monoisotopic (exact) mass is 771 g/mol. The van der Waals surface area contributed by atoms with Crippen LogP contribution in [0, 0.1) is 0 Å². The lowest BCUT2D eigenvalue weighted by Gasteiger charge is -2.49. The molecule has 0 bridgehead atoms. The third-order valence-corrected chi connectivity index (χ3v) is 10.9. The number of amides is 2. The minimum absolute atomic E-state index is 0.222. The second-order valence-corrected chi connectivity index (χ2v) is 16.8. The van der Waals surface area contributed by atoms with Crippen LogP contribution in [0.4, 0.5) is 0 Å². The predicted molar refractivity (Wildman–Crippen MR) is 202 cm³/mol. The van der Waals surface area contributed by atoms with E-state index >= 15 is 0 Å². The average molecular weight is 773 g/mol. The molecule has 1 aliphatic carbocycles. The van der Waals surface area contributed by atoms with Gasteiger partial charge in [-0.3, -0.25) is 9.59 Å². The van der Waals surface area contributed by atoms with Crippen LogP contribution in [-0.2, 0) is 30.8 Å². The first-order valence-corrected chi connectivity index (χ1v) is 20.4. The number of esters is 1. The molecule has 0 radical (unpaired) electrons. The van der Waals surface area contributed by atoms with Gasteiger partial charge in [0, 0.05) is 34.2 Å². The van der Waals surface area contributed by atoms with Crippen LogP contribution < -0.4 is 14.8 Å². The lowest BCUT2D eigenvalue weighted by atomic mass is 9.76. The van der Waals surface area contributed by atoms with Crippen molar-refractivity contribution in [3.8, 4) is 5.75 Å². The summed E-state index contributed by atoms with van der Waals surface area (Å²) in [6.45, 7) is 5.83. The van der Waals surface area contributed by atoms with Gasteiger partial charge in [0.25, 0.3) is 5.91 Å². The van der Waals surface area contributed by atoms with Crippen molar-refractivity contribution in [2.75, 3.05) is 19.4 Å². The Morgan fingerprint density at radius 1 is 0.981 bits per heavy atom. The minimum Gasteiger partial charge on any atom is -0.482 e. The molecule has 1 fully saturated rings. The molecule has 1 saturated carbocycles. The van der Waals surface area contributed by atoms with Gasteiger partial charge in [0.2, 0.25) is 15.9 Å². The van der Waals surface area contributed by atoms with Crippen molar-refractivity contribution in [2.24, 2.45) is 0 Å². The van der Waals surface area contributed by atoms with Crippen molar-refractivity contribution in [3.05, 3.63) is 99.0 Å². The van der Waals surface area contributed by atoms with Crippen molar-refractivity contribution < 1.29 is 32.3 Å². The second kappa shape index (κ2) is 17.0. The zero-order valence-electron chi connectivity index (χ0n) is 30.0. The van der Waals surface area contributed by atoms with Gasteiger partial charge in [-0.1, -0.05) is 85.8 Å². The molecule has 3 aromatic rings. The van der Waals surface area contributed by atoms with Crippen LogP contribution >= 0.6 is 23.2 Å². The summed E-state index contributed by atoms with van der Waals surface area (Å²) in [4.78, 5) is 43.0. The topological polar surface area (TPSA) is 131 Å². The van der Waals surface area contributed by atoms with E-state index in [-0.39, 0.29) is 25.0 Å². The molecule has 0 spiro atoms. The van der Waals surface area contributed by atoms with E-state index in [1.165, 1.54) is 0 Å². The first kappa shape index (κ1) is 39.6. The third-order valence-electron chi connectivity index (χ3n) is 9.60. The number of sulfonamides is 1. The number of nitrogens with one attached hydrogen (secondary N) is 2. The Hall–Kier alpha value is -3.64. The molecule has 2 aliphatic rings.